The highest BCUT2D eigenvalue weighted by Gasteiger charge is 2.20. The van der Waals surface area contributed by atoms with Crippen LogP contribution in [0.1, 0.15) is 5.56 Å². The minimum atomic E-state index is 0.936. The van der Waals surface area contributed by atoms with Crippen LogP contribution in [0.15, 0.2) is 53.2 Å². The first-order chi connectivity index (χ1) is 9.74. The van der Waals surface area contributed by atoms with E-state index in [2.05, 4.69) is 42.9 Å². The van der Waals surface area contributed by atoms with Crippen molar-refractivity contribution in [2.24, 2.45) is 0 Å². The van der Waals surface area contributed by atoms with Crippen LogP contribution in [-0.4, -0.2) is 11.9 Å². The van der Waals surface area contributed by atoms with E-state index >= 15 is 0 Å². The Bertz CT molecular complexity index is 831. The number of aryl methyl sites for hydroxylation is 1. The number of furan rings is 1. The monoisotopic (exact) mass is 263 g/mol. The van der Waals surface area contributed by atoms with Gasteiger partial charge in [0.05, 0.1) is 5.69 Å². The zero-order valence-electron chi connectivity index (χ0n) is 11.5. The molecule has 0 bridgehead atoms. The number of rotatable bonds is 1. The maximum absolute atomic E-state index is 6.10. The summed E-state index contributed by atoms with van der Waals surface area (Å²) in [7, 11) is 2.02. The van der Waals surface area contributed by atoms with Gasteiger partial charge in [0.25, 0.3) is 0 Å². The SMILES string of the molecule is Cc1ccc2c(oc3ccccc32)c1N1[CH]N(C)C=C1. The smallest absolute Gasteiger partial charge is 0.159 e. The average Bonchev–Trinajstić information content (AvgIpc) is 3.02. The fraction of sp³-hybridized carbons (Fsp3) is 0.118. The van der Waals surface area contributed by atoms with E-state index in [1.165, 1.54) is 10.9 Å². The molecule has 0 aliphatic carbocycles. The van der Waals surface area contributed by atoms with E-state index in [4.69, 9.17) is 4.42 Å². The summed E-state index contributed by atoms with van der Waals surface area (Å²) in [5, 5.41) is 2.33. The second kappa shape index (κ2) is 4.04. The molecule has 3 heteroatoms. The minimum absolute atomic E-state index is 0.936. The molecule has 1 aromatic heterocycles. The number of hydrogen-bond donors (Lipinski definition) is 0. The van der Waals surface area contributed by atoms with E-state index in [1.807, 2.05) is 36.3 Å². The van der Waals surface area contributed by atoms with Crippen molar-refractivity contribution < 1.29 is 4.42 Å². The molecule has 3 nitrogen and oxygen atoms in total. The van der Waals surface area contributed by atoms with Crippen LogP contribution in [-0.2, 0) is 0 Å². The molecule has 2 aromatic carbocycles. The molecular formula is C17H15N2O. The maximum Gasteiger partial charge on any atom is 0.159 e. The third-order valence-corrected chi connectivity index (χ3v) is 3.75. The highest BCUT2D eigenvalue weighted by Crippen LogP contribution is 2.38. The van der Waals surface area contributed by atoms with Crippen LogP contribution in [0.4, 0.5) is 5.69 Å². The Hall–Kier alpha value is -2.42. The fourth-order valence-electron chi connectivity index (χ4n) is 2.78. The van der Waals surface area contributed by atoms with Gasteiger partial charge in [-0.2, -0.15) is 0 Å². The Kier molecular flexibility index (Phi) is 2.30. The standard InChI is InChI=1S/C17H15N2O/c1-12-7-8-14-13-5-3-4-6-15(13)20-17(14)16(12)19-10-9-18(2)11-19/h3-11H,1-2H3. The van der Waals surface area contributed by atoms with Crippen molar-refractivity contribution in [1.29, 1.82) is 0 Å². The van der Waals surface area contributed by atoms with Gasteiger partial charge < -0.3 is 14.2 Å². The number of nitrogens with zero attached hydrogens (tertiary/aromatic N) is 2. The van der Waals surface area contributed by atoms with Gasteiger partial charge in [0, 0.05) is 30.2 Å². The molecule has 20 heavy (non-hydrogen) atoms. The van der Waals surface area contributed by atoms with Gasteiger partial charge in [-0.1, -0.05) is 30.3 Å². The first kappa shape index (κ1) is 11.4. The first-order valence-electron chi connectivity index (χ1n) is 6.68. The number of benzene rings is 2. The molecule has 1 radical (unpaired) electrons. The van der Waals surface area contributed by atoms with E-state index in [9.17, 15) is 0 Å². The van der Waals surface area contributed by atoms with Crippen LogP contribution in [0.2, 0.25) is 0 Å². The number of para-hydroxylation sites is 1. The molecule has 0 atom stereocenters. The predicted octanol–water partition coefficient (Wildman–Crippen LogP) is 4.24. The van der Waals surface area contributed by atoms with Crippen molar-refractivity contribution >= 4 is 27.6 Å². The van der Waals surface area contributed by atoms with Crippen molar-refractivity contribution in [3.8, 4) is 0 Å². The second-order valence-electron chi connectivity index (χ2n) is 5.19. The summed E-state index contributed by atoms with van der Waals surface area (Å²) in [6.45, 7) is 4.16. The molecular weight excluding hydrogens is 248 g/mol. The Morgan fingerprint density at radius 3 is 2.60 bits per heavy atom. The molecule has 0 fully saturated rings. The third kappa shape index (κ3) is 1.53. The van der Waals surface area contributed by atoms with Crippen LogP contribution in [0.25, 0.3) is 21.9 Å². The van der Waals surface area contributed by atoms with Crippen LogP contribution in [0.3, 0.4) is 0 Å². The average molecular weight is 263 g/mol. The van der Waals surface area contributed by atoms with E-state index in [0.717, 1.165) is 22.2 Å². The second-order valence-corrected chi connectivity index (χ2v) is 5.19. The predicted molar refractivity (Wildman–Crippen MR) is 82.1 cm³/mol. The van der Waals surface area contributed by atoms with E-state index < -0.39 is 0 Å². The van der Waals surface area contributed by atoms with Gasteiger partial charge in [-0.3, -0.25) is 0 Å². The van der Waals surface area contributed by atoms with Crippen molar-refractivity contribution in [2.45, 2.75) is 6.92 Å². The van der Waals surface area contributed by atoms with Crippen molar-refractivity contribution in [3.63, 3.8) is 0 Å². The molecule has 1 aliphatic rings. The summed E-state index contributed by atoms with van der Waals surface area (Å²) in [4.78, 5) is 4.14. The Morgan fingerprint density at radius 1 is 0.950 bits per heavy atom. The zero-order valence-corrected chi connectivity index (χ0v) is 11.5. The van der Waals surface area contributed by atoms with Gasteiger partial charge in [-0.25, -0.2) is 0 Å². The molecule has 0 N–H and O–H groups in total. The number of anilines is 1. The lowest BCUT2D eigenvalue weighted by Gasteiger charge is -2.19. The molecule has 0 saturated carbocycles. The normalized spacial score (nSPS) is 14.9. The Morgan fingerprint density at radius 2 is 1.80 bits per heavy atom. The Labute approximate surface area is 117 Å². The topological polar surface area (TPSA) is 19.6 Å². The lowest BCUT2D eigenvalue weighted by molar-refractivity contribution is 0.573. The molecule has 0 saturated heterocycles. The van der Waals surface area contributed by atoms with Gasteiger partial charge in [0.1, 0.15) is 12.3 Å². The number of fused-ring (bicyclic) bond motifs is 3. The van der Waals surface area contributed by atoms with Crippen LogP contribution in [0, 0.1) is 13.6 Å². The van der Waals surface area contributed by atoms with Crippen molar-refractivity contribution in [2.75, 3.05) is 11.9 Å². The molecule has 99 valence electrons. The summed E-state index contributed by atoms with van der Waals surface area (Å²) in [6, 6.07) is 12.5. The van der Waals surface area contributed by atoms with E-state index in [-0.39, 0.29) is 0 Å². The zero-order chi connectivity index (χ0) is 13.7. The highest BCUT2D eigenvalue weighted by atomic mass is 16.3. The minimum Gasteiger partial charge on any atom is -0.454 e. The van der Waals surface area contributed by atoms with Gasteiger partial charge in [0.15, 0.2) is 5.58 Å². The quantitative estimate of drug-likeness (QED) is 0.655. The summed E-state index contributed by atoms with van der Waals surface area (Å²) >= 11 is 0. The molecule has 2 heterocycles. The lowest BCUT2D eigenvalue weighted by atomic mass is 10.1. The summed E-state index contributed by atoms with van der Waals surface area (Å²) < 4.78 is 6.10. The van der Waals surface area contributed by atoms with E-state index in [1.54, 1.807) is 0 Å². The van der Waals surface area contributed by atoms with Crippen LogP contribution >= 0.6 is 0 Å². The molecule has 0 unspecified atom stereocenters. The third-order valence-electron chi connectivity index (χ3n) is 3.75. The number of hydrogen-bond acceptors (Lipinski definition) is 3. The Balaban J connectivity index is 2.04. The molecule has 4 rings (SSSR count). The highest BCUT2D eigenvalue weighted by molar-refractivity contribution is 6.09. The fourth-order valence-corrected chi connectivity index (χ4v) is 2.78. The van der Waals surface area contributed by atoms with E-state index in [0.29, 0.717) is 0 Å². The summed E-state index contributed by atoms with van der Waals surface area (Å²) in [5.74, 6) is 0. The summed E-state index contributed by atoms with van der Waals surface area (Å²) in [6.07, 6.45) is 4.08. The van der Waals surface area contributed by atoms with Gasteiger partial charge in [-0.05, 0) is 18.6 Å². The van der Waals surface area contributed by atoms with Gasteiger partial charge in [0.2, 0.25) is 0 Å². The first-order valence-corrected chi connectivity index (χ1v) is 6.68. The van der Waals surface area contributed by atoms with Crippen LogP contribution in [0.5, 0.6) is 0 Å². The largest absolute Gasteiger partial charge is 0.454 e. The van der Waals surface area contributed by atoms with Crippen molar-refractivity contribution in [3.05, 3.63) is 61.0 Å². The molecule has 0 spiro atoms. The molecule has 0 amide bonds. The molecule has 3 aromatic rings. The lowest BCUT2D eigenvalue weighted by Crippen LogP contribution is -2.16. The molecule has 1 aliphatic heterocycles. The summed E-state index contributed by atoms with van der Waals surface area (Å²) in [5.41, 5.74) is 4.19. The van der Waals surface area contributed by atoms with Crippen molar-refractivity contribution in [1.82, 2.24) is 4.90 Å². The van der Waals surface area contributed by atoms with Crippen LogP contribution < -0.4 is 4.90 Å². The van der Waals surface area contributed by atoms with Gasteiger partial charge in [-0.15, -0.1) is 0 Å². The maximum atomic E-state index is 6.10. The van der Waals surface area contributed by atoms with Gasteiger partial charge >= 0.3 is 0 Å².